The van der Waals surface area contributed by atoms with Gasteiger partial charge in [0.25, 0.3) is 5.91 Å². The SMILES string of the molecule is C[C@@H]1[C@@H](N)[C@@H](O[C@H]2[C@@H](O)[C@H](O[C@@H]3[C@@H](O)[C@H](NC(=O)[C@@H](O)[C@H](F)CN)C[C@H](N)[C@H]3O[C@H]3O[C@H](CN)C[C@@H](O)[C@H]3N)O[C@@H]2CO)O[C@@H](CN)[C@H]1O. The third-order valence-corrected chi connectivity index (χ3v) is 9.76. The van der Waals surface area contributed by atoms with E-state index in [9.17, 15) is 39.8 Å². The molecule has 0 bridgehead atoms. The highest BCUT2D eigenvalue weighted by Crippen LogP contribution is 2.35. The van der Waals surface area contributed by atoms with E-state index in [1.54, 1.807) is 6.92 Å². The van der Waals surface area contributed by atoms with Gasteiger partial charge in [-0.15, -0.1) is 0 Å². The predicted octanol–water partition coefficient (Wildman–Crippen LogP) is -7.78. The van der Waals surface area contributed by atoms with Crippen LogP contribution in [-0.2, 0) is 33.2 Å². The van der Waals surface area contributed by atoms with Crippen LogP contribution in [0.15, 0.2) is 0 Å². The van der Waals surface area contributed by atoms with Crippen LogP contribution in [0.25, 0.3) is 0 Å². The Morgan fingerprint density at radius 3 is 2.06 bits per heavy atom. The molecule has 0 aromatic heterocycles. The van der Waals surface area contributed by atoms with Crippen molar-refractivity contribution >= 4 is 5.91 Å². The molecule has 3 saturated heterocycles. The molecular formula is C28H54FN7O13. The fraction of sp³-hybridized carbons (Fsp3) is 0.964. The van der Waals surface area contributed by atoms with Gasteiger partial charge in [0.15, 0.2) is 25.0 Å². The second-order valence-electron chi connectivity index (χ2n) is 13.2. The van der Waals surface area contributed by atoms with Crippen molar-refractivity contribution in [2.75, 3.05) is 26.2 Å². The van der Waals surface area contributed by atoms with Crippen LogP contribution in [-0.4, -0.2) is 179 Å². The Morgan fingerprint density at radius 2 is 1.45 bits per heavy atom. The van der Waals surface area contributed by atoms with Crippen molar-refractivity contribution in [3.63, 3.8) is 0 Å². The molecule has 20 nitrogen and oxygen atoms in total. The Bertz CT molecular complexity index is 1060. The van der Waals surface area contributed by atoms with E-state index in [0.29, 0.717) is 0 Å². The van der Waals surface area contributed by atoms with Gasteiger partial charge in [0, 0.05) is 38.0 Å². The molecule has 1 aliphatic carbocycles. The molecule has 1 amide bonds. The van der Waals surface area contributed by atoms with Crippen molar-refractivity contribution in [2.45, 2.75) is 136 Å². The van der Waals surface area contributed by atoms with Crippen molar-refractivity contribution in [2.24, 2.45) is 40.3 Å². The van der Waals surface area contributed by atoms with Gasteiger partial charge in [-0.1, -0.05) is 6.92 Å². The third kappa shape index (κ3) is 8.84. The minimum Gasteiger partial charge on any atom is -0.394 e. The number of hydrogen-bond acceptors (Lipinski definition) is 19. The molecule has 3 heterocycles. The van der Waals surface area contributed by atoms with Gasteiger partial charge < -0.3 is 98.8 Å². The zero-order valence-corrected chi connectivity index (χ0v) is 27.2. The molecule has 0 spiro atoms. The number of halogens is 1. The highest BCUT2D eigenvalue weighted by molar-refractivity contribution is 5.81. The smallest absolute Gasteiger partial charge is 0.252 e. The molecule has 1 saturated carbocycles. The standard InChI is InChI=1S/C28H54FN7O13/c1-8-16(34)26(45-14(6-32)18(8)39)48-23-15(7-37)46-28(21(23)42)49-24-20(41)12(36-25(43)19(40)10(29)5-31)3-11(33)22(24)47-27-17(35)13(38)2-9(4-30)44-27/h8-24,26-28,37-42H,2-7,30-35H2,1H3,(H,36,43)/t8-,9+,10-,11+,12-,13-,14+,15-,16-,17-,18+,19+,20+,21-,22-,23-,24-,26-,27-,28+/m1/s1. The molecule has 4 aliphatic rings. The number of rotatable bonds is 13. The van der Waals surface area contributed by atoms with Crippen LogP contribution in [0.5, 0.6) is 0 Å². The highest BCUT2D eigenvalue weighted by Gasteiger charge is 2.54. The summed E-state index contributed by atoms with van der Waals surface area (Å²) in [7, 11) is 0. The van der Waals surface area contributed by atoms with E-state index in [0.717, 1.165) is 0 Å². The van der Waals surface area contributed by atoms with Gasteiger partial charge >= 0.3 is 0 Å². The normalized spacial score (nSPS) is 47.5. The van der Waals surface area contributed by atoms with Gasteiger partial charge in [-0.3, -0.25) is 4.79 Å². The molecule has 0 aromatic rings. The number of amides is 1. The summed E-state index contributed by atoms with van der Waals surface area (Å²) >= 11 is 0. The number of nitrogens with two attached hydrogens (primary N) is 6. The lowest BCUT2D eigenvalue weighted by Gasteiger charge is -2.47. The fourth-order valence-corrected chi connectivity index (χ4v) is 6.57. The average molecular weight is 716 g/mol. The van der Waals surface area contributed by atoms with Crippen molar-refractivity contribution in [3.8, 4) is 0 Å². The van der Waals surface area contributed by atoms with E-state index in [4.69, 9.17) is 62.8 Å². The Kier molecular flexibility index (Phi) is 14.4. The first kappa shape index (κ1) is 40.5. The van der Waals surface area contributed by atoms with Crippen LogP contribution in [0.1, 0.15) is 19.8 Å². The Morgan fingerprint density at radius 1 is 0.837 bits per heavy atom. The molecular weight excluding hydrogens is 661 g/mol. The summed E-state index contributed by atoms with van der Waals surface area (Å²) in [5.41, 5.74) is 35.6. The van der Waals surface area contributed by atoms with Crippen LogP contribution >= 0.6 is 0 Å². The van der Waals surface area contributed by atoms with E-state index in [2.05, 4.69) is 5.32 Å². The minimum absolute atomic E-state index is 0.0296. The molecule has 3 aliphatic heterocycles. The number of alkyl halides is 1. The molecule has 0 unspecified atom stereocenters. The van der Waals surface area contributed by atoms with Crippen LogP contribution < -0.4 is 39.7 Å². The quantitative estimate of drug-likeness (QED) is 0.0842. The second kappa shape index (κ2) is 17.5. The predicted molar refractivity (Wildman–Crippen MR) is 164 cm³/mol. The second-order valence-corrected chi connectivity index (χ2v) is 13.2. The number of ether oxygens (including phenoxy) is 6. The van der Waals surface area contributed by atoms with Crippen LogP contribution in [0.2, 0.25) is 0 Å². The Balaban J connectivity index is 1.57. The first-order chi connectivity index (χ1) is 23.2. The zero-order valence-electron chi connectivity index (χ0n) is 27.2. The number of aliphatic hydroxyl groups is 6. The minimum atomic E-state index is -2.15. The van der Waals surface area contributed by atoms with Crippen molar-refractivity contribution in [3.05, 3.63) is 0 Å². The van der Waals surface area contributed by atoms with Crippen LogP contribution in [0.3, 0.4) is 0 Å². The number of carbonyl (C=O) groups is 1. The van der Waals surface area contributed by atoms with Gasteiger partial charge in [-0.2, -0.15) is 0 Å². The molecule has 21 heteroatoms. The summed E-state index contributed by atoms with van der Waals surface area (Å²) in [5.74, 6) is -1.69. The first-order valence-corrected chi connectivity index (χ1v) is 16.4. The van der Waals surface area contributed by atoms with Gasteiger partial charge in [0.05, 0.1) is 49.1 Å². The molecule has 49 heavy (non-hydrogen) atoms. The summed E-state index contributed by atoms with van der Waals surface area (Å²) in [5, 5.41) is 66.3. The summed E-state index contributed by atoms with van der Waals surface area (Å²) in [6.45, 7) is 0.344. The lowest BCUT2D eigenvalue weighted by Crippen LogP contribution is -2.68. The number of hydrogen-bond donors (Lipinski definition) is 13. The molecule has 0 aromatic carbocycles. The van der Waals surface area contributed by atoms with Crippen molar-refractivity contribution < 1.29 is 68.2 Å². The van der Waals surface area contributed by atoms with Gasteiger partial charge in [-0.05, 0) is 6.42 Å². The number of carbonyl (C=O) groups excluding carboxylic acids is 1. The van der Waals surface area contributed by atoms with Gasteiger partial charge in [-0.25, -0.2) is 4.39 Å². The monoisotopic (exact) mass is 715 g/mol. The van der Waals surface area contributed by atoms with E-state index < -0.39 is 141 Å². The van der Waals surface area contributed by atoms with Crippen LogP contribution in [0.4, 0.5) is 4.39 Å². The zero-order chi connectivity index (χ0) is 36.3. The lowest BCUT2D eigenvalue weighted by molar-refractivity contribution is -0.295. The summed E-state index contributed by atoms with van der Waals surface area (Å²) in [6, 6.07) is -4.24. The molecule has 19 N–H and O–H groups in total. The summed E-state index contributed by atoms with van der Waals surface area (Å²) < 4.78 is 49.5. The van der Waals surface area contributed by atoms with Gasteiger partial charge in [0.2, 0.25) is 0 Å². The largest absolute Gasteiger partial charge is 0.394 e. The van der Waals surface area contributed by atoms with E-state index in [1.807, 2.05) is 0 Å². The van der Waals surface area contributed by atoms with Crippen LogP contribution in [0, 0.1) is 5.92 Å². The highest BCUT2D eigenvalue weighted by atomic mass is 19.1. The summed E-state index contributed by atoms with van der Waals surface area (Å²) in [4.78, 5) is 12.6. The topological polar surface area (TPSA) is 362 Å². The molecule has 4 rings (SSSR count). The van der Waals surface area contributed by atoms with Gasteiger partial charge in [0.1, 0.15) is 42.8 Å². The maximum atomic E-state index is 14.0. The van der Waals surface area contributed by atoms with E-state index >= 15 is 0 Å². The molecule has 0 radical (unpaired) electrons. The molecule has 4 fully saturated rings. The maximum Gasteiger partial charge on any atom is 0.252 e. The Labute approximate surface area is 282 Å². The third-order valence-electron chi connectivity index (χ3n) is 9.76. The molecule has 20 atom stereocenters. The van der Waals surface area contributed by atoms with Crippen molar-refractivity contribution in [1.29, 1.82) is 0 Å². The average Bonchev–Trinajstić information content (AvgIpc) is 3.38. The number of aliphatic hydroxyl groups excluding tert-OH is 6. The van der Waals surface area contributed by atoms with E-state index in [1.165, 1.54) is 0 Å². The maximum absolute atomic E-state index is 14.0. The van der Waals surface area contributed by atoms with Crippen molar-refractivity contribution in [1.82, 2.24) is 5.32 Å². The number of nitrogens with one attached hydrogen (secondary N) is 1. The fourth-order valence-electron chi connectivity index (χ4n) is 6.57. The Hall–Kier alpha value is -1.32. The summed E-state index contributed by atoms with van der Waals surface area (Å²) in [6.07, 6.45) is -20.6. The lowest BCUT2D eigenvalue weighted by atomic mass is 9.83. The molecule has 286 valence electrons. The van der Waals surface area contributed by atoms with E-state index in [-0.39, 0.29) is 25.9 Å². The first-order valence-electron chi connectivity index (χ1n) is 16.4.